The van der Waals surface area contributed by atoms with Crippen LogP contribution in [0.1, 0.15) is 28.6 Å². The molecule has 0 aliphatic carbocycles. The molecule has 0 bridgehead atoms. The average molecular weight is 342 g/mol. The van der Waals surface area contributed by atoms with Crippen molar-refractivity contribution in [1.29, 1.82) is 0 Å². The van der Waals surface area contributed by atoms with Gasteiger partial charge in [0.1, 0.15) is 6.04 Å². The molecular formula is C19H26N4O2. The number of benzene rings is 1. The lowest BCUT2D eigenvalue weighted by molar-refractivity contribution is -0.140. The molecule has 0 spiro atoms. The molecule has 3 rings (SSSR count). The van der Waals surface area contributed by atoms with Crippen molar-refractivity contribution in [2.45, 2.75) is 39.5 Å². The van der Waals surface area contributed by atoms with E-state index in [0.29, 0.717) is 26.2 Å². The Kier molecular flexibility index (Phi) is 5.20. The predicted octanol–water partition coefficient (Wildman–Crippen LogP) is 1.74. The predicted molar refractivity (Wildman–Crippen MR) is 96.1 cm³/mol. The number of aryl methyl sites for hydroxylation is 3. The van der Waals surface area contributed by atoms with Crippen LogP contribution >= 0.6 is 0 Å². The van der Waals surface area contributed by atoms with E-state index in [1.165, 1.54) is 0 Å². The molecule has 2 heterocycles. The number of morpholine rings is 1. The quantitative estimate of drug-likeness (QED) is 0.918. The number of carbonyl (C=O) groups excluding carboxylic acids is 1. The number of rotatable bonds is 4. The van der Waals surface area contributed by atoms with Gasteiger partial charge in [-0.3, -0.25) is 9.48 Å². The number of ether oxygens (including phenoxy) is 1. The number of aromatic nitrogens is 2. The molecule has 134 valence electrons. The minimum absolute atomic E-state index is 0.0504. The zero-order valence-electron chi connectivity index (χ0n) is 15.1. The molecule has 1 amide bonds. The second-order valence-electron chi connectivity index (χ2n) is 6.77. The standard InChI is InChI=1S/C19H26N4O2/c1-13-4-6-16(7-5-13)18(20)19(24)22-8-9-25-17(11-22)12-23-15(3)10-14(2)21-23/h4-7,10,17-18H,8-9,11-12,20H2,1-3H3. The van der Waals surface area contributed by atoms with Gasteiger partial charge in [0, 0.05) is 18.8 Å². The Balaban J connectivity index is 1.65. The summed E-state index contributed by atoms with van der Waals surface area (Å²) in [4.78, 5) is 14.6. The number of nitrogens with zero attached hydrogens (tertiary/aromatic N) is 3. The second kappa shape index (κ2) is 7.37. The van der Waals surface area contributed by atoms with E-state index in [1.54, 1.807) is 0 Å². The lowest BCUT2D eigenvalue weighted by Gasteiger charge is -2.34. The van der Waals surface area contributed by atoms with Crippen LogP contribution in [0.3, 0.4) is 0 Å². The number of amides is 1. The molecule has 6 heteroatoms. The summed E-state index contributed by atoms with van der Waals surface area (Å²) in [5.41, 5.74) is 10.3. The van der Waals surface area contributed by atoms with Crippen LogP contribution in [-0.4, -0.2) is 46.4 Å². The molecule has 0 radical (unpaired) electrons. The summed E-state index contributed by atoms with van der Waals surface area (Å²) in [6.07, 6.45) is -0.0686. The van der Waals surface area contributed by atoms with Gasteiger partial charge >= 0.3 is 0 Å². The maximum atomic E-state index is 12.8. The van der Waals surface area contributed by atoms with Crippen LogP contribution in [0.25, 0.3) is 0 Å². The zero-order valence-corrected chi connectivity index (χ0v) is 15.1. The molecule has 1 aromatic carbocycles. The summed E-state index contributed by atoms with van der Waals surface area (Å²) in [7, 11) is 0. The summed E-state index contributed by atoms with van der Waals surface area (Å²) in [5.74, 6) is -0.0504. The van der Waals surface area contributed by atoms with E-state index >= 15 is 0 Å². The molecule has 25 heavy (non-hydrogen) atoms. The third-order valence-corrected chi connectivity index (χ3v) is 4.63. The minimum Gasteiger partial charge on any atom is -0.373 e. The molecule has 2 aromatic rings. The van der Waals surface area contributed by atoms with Crippen molar-refractivity contribution in [3.8, 4) is 0 Å². The van der Waals surface area contributed by atoms with Crippen molar-refractivity contribution >= 4 is 5.91 Å². The maximum absolute atomic E-state index is 12.8. The van der Waals surface area contributed by atoms with Gasteiger partial charge in [-0.05, 0) is 32.4 Å². The molecule has 2 N–H and O–H groups in total. The van der Waals surface area contributed by atoms with Crippen molar-refractivity contribution in [1.82, 2.24) is 14.7 Å². The highest BCUT2D eigenvalue weighted by atomic mass is 16.5. The van der Waals surface area contributed by atoms with Gasteiger partial charge in [0.05, 0.1) is 24.9 Å². The SMILES string of the molecule is Cc1ccc(C(N)C(=O)N2CCOC(Cn3nc(C)cc3C)C2)cc1. The molecule has 1 saturated heterocycles. The Morgan fingerprint density at radius 3 is 2.68 bits per heavy atom. The lowest BCUT2D eigenvalue weighted by atomic mass is 10.0. The summed E-state index contributed by atoms with van der Waals surface area (Å²) < 4.78 is 7.77. The van der Waals surface area contributed by atoms with E-state index in [9.17, 15) is 4.79 Å². The van der Waals surface area contributed by atoms with E-state index in [-0.39, 0.29) is 12.0 Å². The summed E-state index contributed by atoms with van der Waals surface area (Å²) in [5, 5.41) is 4.47. The lowest BCUT2D eigenvalue weighted by Crippen LogP contribution is -2.49. The van der Waals surface area contributed by atoms with E-state index in [2.05, 4.69) is 5.10 Å². The number of carbonyl (C=O) groups is 1. The molecular weight excluding hydrogens is 316 g/mol. The maximum Gasteiger partial charge on any atom is 0.244 e. The van der Waals surface area contributed by atoms with E-state index in [4.69, 9.17) is 10.5 Å². The van der Waals surface area contributed by atoms with Crippen molar-refractivity contribution in [2.75, 3.05) is 19.7 Å². The molecule has 0 saturated carbocycles. The molecule has 2 unspecified atom stereocenters. The van der Waals surface area contributed by atoms with Crippen LogP contribution in [0.4, 0.5) is 0 Å². The monoisotopic (exact) mass is 342 g/mol. The van der Waals surface area contributed by atoms with Gasteiger partial charge < -0.3 is 15.4 Å². The molecule has 1 aliphatic rings. The zero-order chi connectivity index (χ0) is 18.0. The highest BCUT2D eigenvalue weighted by Crippen LogP contribution is 2.17. The van der Waals surface area contributed by atoms with Crippen LogP contribution in [0, 0.1) is 20.8 Å². The Labute approximate surface area is 148 Å². The second-order valence-corrected chi connectivity index (χ2v) is 6.77. The largest absolute Gasteiger partial charge is 0.373 e. The molecule has 2 atom stereocenters. The Bertz CT molecular complexity index is 738. The van der Waals surface area contributed by atoms with Crippen molar-refractivity contribution in [3.05, 3.63) is 52.8 Å². The highest BCUT2D eigenvalue weighted by molar-refractivity contribution is 5.83. The number of hydrogen-bond donors (Lipinski definition) is 1. The first-order chi connectivity index (χ1) is 11.9. The topological polar surface area (TPSA) is 73.4 Å². The van der Waals surface area contributed by atoms with Crippen molar-refractivity contribution < 1.29 is 9.53 Å². The third kappa shape index (κ3) is 4.08. The minimum atomic E-state index is -0.631. The molecule has 1 aliphatic heterocycles. The van der Waals surface area contributed by atoms with Crippen molar-refractivity contribution in [3.63, 3.8) is 0 Å². The van der Waals surface area contributed by atoms with Crippen molar-refractivity contribution in [2.24, 2.45) is 5.73 Å². The van der Waals surface area contributed by atoms with Gasteiger partial charge in [-0.25, -0.2) is 0 Å². The van der Waals surface area contributed by atoms with Gasteiger partial charge in [-0.1, -0.05) is 29.8 Å². The van der Waals surface area contributed by atoms with Crippen LogP contribution in [0.2, 0.25) is 0 Å². The summed E-state index contributed by atoms with van der Waals surface area (Å²) >= 11 is 0. The Morgan fingerprint density at radius 2 is 2.04 bits per heavy atom. The average Bonchev–Trinajstić information content (AvgIpc) is 2.91. The Morgan fingerprint density at radius 1 is 1.32 bits per heavy atom. The molecule has 6 nitrogen and oxygen atoms in total. The van der Waals surface area contributed by atoms with Gasteiger partial charge in [0.15, 0.2) is 0 Å². The number of nitrogens with two attached hydrogens (primary N) is 1. The normalized spacial score (nSPS) is 19.0. The third-order valence-electron chi connectivity index (χ3n) is 4.63. The van der Waals surface area contributed by atoms with Gasteiger partial charge in [-0.15, -0.1) is 0 Å². The fourth-order valence-electron chi connectivity index (χ4n) is 3.20. The smallest absolute Gasteiger partial charge is 0.244 e. The first-order valence-corrected chi connectivity index (χ1v) is 8.67. The fourth-order valence-corrected chi connectivity index (χ4v) is 3.20. The van der Waals surface area contributed by atoms with Gasteiger partial charge in [0.25, 0.3) is 0 Å². The van der Waals surface area contributed by atoms with E-state index < -0.39 is 6.04 Å². The van der Waals surface area contributed by atoms with Gasteiger partial charge in [0.2, 0.25) is 5.91 Å². The summed E-state index contributed by atoms with van der Waals surface area (Å²) in [6, 6.07) is 9.21. The first kappa shape index (κ1) is 17.6. The van der Waals surface area contributed by atoms with Crippen LogP contribution in [0.5, 0.6) is 0 Å². The molecule has 1 fully saturated rings. The first-order valence-electron chi connectivity index (χ1n) is 8.67. The van der Waals surface area contributed by atoms with Crippen LogP contribution < -0.4 is 5.73 Å². The van der Waals surface area contributed by atoms with E-state index in [1.807, 2.05) is 60.7 Å². The van der Waals surface area contributed by atoms with Crippen LogP contribution in [-0.2, 0) is 16.1 Å². The van der Waals surface area contributed by atoms with E-state index in [0.717, 1.165) is 22.5 Å². The summed E-state index contributed by atoms with van der Waals surface area (Å²) in [6.45, 7) is 8.30. The van der Waals surface area contributed by atoms with Gasteiger partial charge in [-0.2, -0.15) is 5.10 Å². The van der Waals surface area contributed by atoms with Crippen LogP contribution in [0.15, 0.2) is 30.3 Å². The fraction of sp³-hybridized carbons (Fsp3) is 0.474. The number of hydrogen-bond acceptors (Lipinski definition) is 4. The Hall–Kier alpha value is -2.18. The molecule has 1 aromatic heterocycles. The highest BCUT2D eigenvalue weighted by Gasteiger charge is 2.28.